The SMILES string of the molecule is CCC(CC)Nc1nc(Cl)nc(N2CCCC2)n1. The maximum Gasteiger partial charge on any atom is 0.231 e. The number of anilines is 2. The van der Waals surface area contributed by atoms with E-state index in [1.165, 1.54) is 12.8 Å². The Morgan fingerprint density at radius 1 is 1.17 bits per heavy atom. The van der Waals surface area contributed by atoms with Crippen LogP contribution in [-0.4, -0.2) is 34.1 Å². The van der Waals surface area contributed by atoms with Gasteiger partial charge in [0.1, 0.15) is 0 Å². The Hall–Kier alpha value is -1.10. The third-order valence-corrected chi connectivity index (χ3v) is 3.47. The van der Waals surface area contributed by atoms with Crippen LogP contribution in [0.25, 0.3) is 0 Å². The van der Waals surface area contributed by atoms with Crippen LogP contribution in [-0.2, 0) is 0 Å². The summed E-state index contributed by atoms with van der Waals surface area (Å²) in [6.07, 6.45) is 4.47. The first-order valence-corrected chi connectivity index (χ1v) is 7.03. The Morgan fingerprint density at radius 2 is 1.83 bits per heavy atom. The molecule has 1 aromatic rings. The zero-order valence-electron chi connectivity index (χ0n) is 11.0. The van der Waals surface area contributed by atoms with Crippen molar-refractivity contribution in [2.24, 2.45) is 0 Å². The van der Waals surface area contributed by atoms with Crippen LogP contribution in [0, 0.1) is 0 Å². The van der Waals surface area contributed by atoms with Crippen LogP contribution in [0.2, 0.25) is 5.28 Å². The molecule has 2 heterocycles. The van der Waals surface area contributed by atoms with Gasteiger partial charge < -0.3 is 10.2 Å². The van der Waals surface area contributed by atoms with E-state index in [1.807, 2.05) is 0 Å². The number of rotatable bonds is 5. The minimum absolute atomic E-state index is 0.264. The van der Waals surface area contributed by atoms with E-state index >= 15 is 0 Å². The number of nitrogens with one attached hydrogen (secondary N) is 1. The molecule has 0 radical (unpaired) electrons. The van der Waals surface area contributed by atoms with E-state index in [0.29, 0.717) is 17.9 Å². The molecule has 1 aromatic heterocycles. The molecule has 0 aliphatic carbocycles. The van der Waals surface area contributed by atoms with E-state index in [4.69, 9.17) is 11.6 Å². The Labute approximate surface area is 113 Å². The quantitative estimate of drug-likeness (QED) is 0.891. The van der Waals surface area contributed by atoms with Gasteiger partial charge in [-0.2, -0.15) is 15.0 Å². The zero-order chi connectivity index (χ0) is 13.0. The summed E-state index contributed by atoms with van der Waals surface area (Å²) in [7, 11) is 0. The largest absolute Gasteiger partial charge is 0.351 e. The molecule has 2 rings (SSSR count). The highest BCUT2D eigenvalue weighted by Crippen LogP contribution is 2.19. The summed E-state index contributed by atoms with van der Waals surface area (Å²) in [6, 6.07) is 0.384. The van der Waals surface area contributed by atoms with Gasteiger partial charge >= 0.3 is 0 Å². The number of nitrogens with zero attached hydrogens (tertiary/aromatic N) is 4. The van der Waals surface area contributed by atoms with Gasteiger partial charge in [0.15, 0.2) is 0 Å². The minimum atomic E-state index is 0.264. The number of hydrogen-bond donors (Lipinski definition) is 1. The van der Waals surface area contributed by atoms with Crippen molar-refractivity contribution in [3.8, 4) is 0 Å². The molecular weight excluding hydrogens is 250 g/mol. The lowest BCUT2D eigenvalue weighted by atomic mass is 10.2. The van der Waals surface area contributed by atoms with Crippen LogP contribution in [0.4, 0.5) is 11.9 Å². The summed E-state index contributed by atoms with van der Waals surface area (Å²) < 4.78 is 0. The van der Waals surface area contributed by atoms with Crippen molar-refractivity contribution < 1.29 is 0 Å². The molecule has 0 saturated carbocycles. The zero-order valence-corrected chi connectivity index (χ0v) is 11.7. The van der Waals surface area contributed by atoms with E-state index in [1.54, 1.807) is 0 Å². The van der Waals surface area contributed by atoms with Gasteiger partial charge in [-0.1, -0.05) is 13.8 Å². The van der Waals surface area contributed by atoms with Gasteiger partial charge in [0, 0.05) is 19.1 Å². The molecule has 0 aromatic carbocycles. The Morgan fingerprint density at radius 3 is 2.44 bits per heavy atom. The Balaban J connectivity index is 2.15. The first-order chi connectivity index (χ1) is 8.72. The summed E-state index contributed by atoms with van der Waals surface area (Å²) in [4.78, 5) is 15.0. The van der Waals surface area contributed by atoms with Gasteiger partial charge in [0.05, 0.1) is 0 Å². The van der Waals surface area contributed by atoms with Crippen molar-refractivity contribution in [2.75, 3.05) is 23.3 Å². The van der Waals surface area contributed by atoms with Crippen LogP contribution in [0.1, 0.15) is 39.5 Å². The van der Waals surface area contributed by atoms with Gasteiger partial charge in [-0.25, -0.2) is 0 Å². The molecule has 1 aliphatic heterocycles. The third-order valence-electron chi connectivity index (χ3n) is 3.30. The van der Waals surface area contributed by atoms with E-state index in [-0.39, 0.29) is 5.28 Å². The third kappa shape index (κ3) is 3.22. The molecule has 5 nitrogen and oxygen atoms in total. The van der Waals surface area contributed by atoms with Crippen LogP contribution in [0.5, 0.6) is 0 Å². The molecule has 1 N–H and O–H groups in total. The predicted molar refractivity (Wildman–Crippen MR) is 74.3 cm³/mol. The van der Waals surface area contributed by atoms with Gasteiger partial charge in [0.2, 0.25) is 17.2 Å². The second-order valence-electron chi connectivity index (χ2n) is 4.58. The van der Waals surface area contributed by atoms with E-state index in [9.17, 15) is 0 Å². The van der Waals surface area contributed by atoms with Crippen molar-refractivity contribution in [3.63, 3.8) is 0 Å². The highest BCUT2D eigenvalue weighted by molar-refractivity contribution is 6.28. The van der Waals surface area contributed by atoms with E-state index < -0.39 is 0 Å². The summed E-state index contributed by atoms with van der Waals surface area (Å²) in [5, 5.41) is 3.57. The maximum atomic E-state index is 5.97. The average molecular weight is 270 g/mol. The lowest BCUT2D eigenvalue weighted by Crippen LogP contribution is -2.23. The fourth-order valence-electron chi connectivity index (χ4n) is 2.14. The molecule has 18 heavy (non-hydrogen) atoms. The molecule has 0 unspecified atom stereocenters. The van der Waals surface area contributed by atoms with E-state index in [0.717, 1.165) is 25.9 Å². The lowest BCUT2D eigenvalue weighted by Gasteiger charge is -2.18. The van der Waals surface area contributed by atoms with Crippen molar-refractivity contribution >= 4 is 23.5 Å². The molecule has 100 valence electrons. The summed E-state index contributed by atoms with van der Waals surface area (Å²) in [5.41, 5.74) is 0. The predicted octanol–water partition coefficient (Wildman–Crippen LogP) is 2.73. The Bertz CT molecular complexity index is 388. The number of halogens is 1. The highest BCUT2D eigenvalue weighted by atomic mass is 35.5. The normalized spacial score (nSPS) is 15.4. The Kier molecular flexibility index (Phi) is 4.58. The van der Waals surface area contributed by atoms with Crippen LogP contribution in [0.3, 0.4) is 0 Å². The number of aromatic nitrogens is 3. The molecule has 1 fully saturated rings. The van der Waals surface area contributed by atoms with Gasteiger partial charge in [-0.3, -0.25) is 0 Å². The van der Waals surface area contributed by atoms with Crippen molar-refractivity contribution in [3.05, 3.63) is 5.28 Å². The molecule has 1 aliphatic rings. The molecule has 0 bridgehead atoms. The molecule has 0 spiro atoms. The number of hydrogen-bond acceptors (Lipinski definition) is 5. The second kappa shape index (κ2) is 6.18. The van der Waals surface area contributed by atoms with Crippen LogP contribution < -0.4 is 10.2 Å². The standard InChI is InChI=1S/C12H20ClN5/c1-3-9(4-2)14-11-15-10(13)16-12(17-11)18-7-5-6-8-18/h9H,3-8H2,1-2H3,(H,14,15,16,17). The molecule has 1 saturated heterocycles. The highest BCUT2D eigenvalue weighted by Gasteiger charge is 2.17. The fourth-order valence-corrected chi connectivity index (χ4v) is 2.29. The summed E-state index contributed by atoms with van der Waals surface area (Å²) >= 11 is 5.97. The van der Waals surface area contributed by atoms with Gasteiger partial charge in [-0.05, 0) is 37.3 Å². The van der Waals surface area contributed by atoms with Crippen LogP contribution >= 0.6 is 11.6 Å². The fraction of sp³-hybridized carbons (Fsp3) is 0.750. The maximum absolute atomic E-state index is 5.97. The van der Waals surface area contributed by atoms with Crippen molar-refractivity contribution in [2.45, 2.75) is 45.6 Å². The van der Waals surface area contributed by atoms with Gasteiger partial charge in [0.25, 0.3) is 0 Å². The second-order valence-corrected chi connectivity index (χ2v) is 4.92. The molecule has 6 heteroatoms. The van der Waals surface area contributed by atoms with Gasteiger partial charge in [-0.15, -0.1) is 0 Å². The van der Waals surface area contributed by atoms with Crippen LogP contribution in [0.15, 0.2) is 0 Å². The topological polar surface area (TPSA) is 53.9 Å². The molecule has 0 atom stereocenters. The average Bonchev–Trinajstić information content (AvgIpc) is 2.89. The lowest BCUT2D eigenvalue weighted by molar-refractivity contribution is 0.663. The summed E-state index contributed by atoms with van der Waals surface area (Å²) in [5.74, 6) is 1.28. The molecular formula is C12H20ClN5. The minimum Gasteiger partial charge on any atom is -0.351 e. The monoisotopic (exact) mass is 269 g/mol. The summed E-state index contributed by atoms with van der Waals surface area (Å²) in [6.45, 7) is 6.30. The van der Waals surface area contributed by atoms with Crippen molar-refractivity contribution in [1.82, 2.24) is 15.0 Å². The molecule has 0 amide bonds. The van der Waals surface area contributed by atoms with Crippen molar-refractivity contribution in [1.29, 1.82) is 0 Å². The smallest absolute Gasteiger partial charge is 0.231 e. The first kappa shape index (κ1) is 13.3. The van der Waals surface area contributed by atoms with E-state index in [2.05, 4.69) is 39.0 Å². The first-order valence-electron chi connectivity index (χ1n) is 6.66.